The van der Waals surface area contributed by atoms with Gasteiger partial charge in [0, 0.05) is 24.8 Å². The minimum absolute atomic E-state index is 0.138. The van der Waals surface area contributed by atoms with Gasteiger partial charge >= 0.3 is 0 Å². The highest BCUT2D eigenvalue weighted by Gasteiger charge is 2.39. The molecule has 20 heavy (non-hydrogen) atoms. The van der Waals surface area contributed by atoms with Gasteiger partial charge in [-0.05, 0) is 39.7 Å². The molecule has 0 aromatic carbocycles. The zero-order valence-corrected chi connectivity index (χ0v) is 13.0. The molecule has 1 aliphatic rings. The van der Waals surface area contributed by atoms with Crippen molar-refractivity contribution in [2.45, 2.75) is 58.5 Å². The summed E-state index contributed by atoms with van der Waals surface area (Å²) in [5, 5.41) is 10.9. The van der Waals surface area contributed by atoms with Crippen molar-refractivity contribution in [3.05, 3.63) is 17.0 Å². The molecule has 2 rings (SSSR count). The van der Waals surface area contributed by atoms with Crippen LogP contribution in [0.5, 0.6) is 0 Å². The van der Waals surface area contributed by atoms with Gasteiger partial charge < -0.3 is 10.6 Å². The monoisotopic (exact) mass is 278 g/mol. The molecule has 5 heteroatoms. The van der Waals surface area contributed by atoms with E-state index in [1.807, 2.05) is 25.6 Å². The van der Waals surface area contributed by atoms with Gasteiger partial charge in [0.15, 0.2) is 0 Å². The maximum atomic E-state index is 12.6. The van der Waals surface area contributed by atoms with Crippen LogP contribution < -0.4 is 10.6 Å². The average Bonchev–Trinajstić information content (AvgIpc) is 2.96. The van der Waals surface area contributed by atoms with Crippen molar-refractivity contribution in [3.8, 4) is 0 Å². The second kappa shape index (κ2) is 5.95. The first-order valence-corrected chi connectivity index (χ1v) is 7.52. The molecule has 1 amide bonds. The van der Waals surface area contributed by atoms with Gasteiger partial charge in [0.05, 0.1) is 11.2 Å². The van der Waals surface area contributed by atoms with Crippen LogP contribution in [0.4, 0.5) is 0 Å². The van der Waals surface area contributed by atoms with Crippen molar-refractivity contribution in [3.63, 3.8) is 0 Å². The summed E-state index contributed by atoms with van der Waals surface area (Å²) in [6.45, 7) is 7.67. The Morgan fingerprint density at radius 2 is 2.25 bits per heavy atom. The number of hydrogen-bond acceptors (Lipinski definition) is 3. The molecule has 1 saturated heterocycles. The molecular weight excluding hydrogens is 252 g/mol. The first-order chi connectivity index (χ1) is 9.50. The first kappa shape index (κ1) is 15.0. The molecule has 0 radical (unpaired) electrons. The van der Waals surface area contributed by atoms with Gasteiger partial charge in [-0.2, -0.15) is 5.10 Å². The number of carbonyl (C=O) groups excluding carboxylic acids is 1. The summed E-state index contributed by atoms with van der Waals surface area (Å²) in [5.74, 6) is 0.138. The van der Waals surface area contributed by atoms with Crippen molar-refractivity contribution >= 4 is 5.91 Å². The van der Waals surface area contributed by atoms with Crippen LogP contribution in [-0.2, 0) is 18.4 Å². The molecule has 112 valence electrons. The lowest BCUT2D eigenvalue weighted by atomic mass is 9.91. The lowest BCUT2D eigenvalue weighted by Crippen LogP contribution is -2.53. The molecular formula is C15H26N4O. The van der Waals surface area contributed by atoms with E-state index in [-0.39, 0.29) is 11.4 Å². The van der Waals surface area contributed by atoms with E-state index in [4.69, 9.17) is 0 Å². The summed E-state index contributed by atoms with van der Waals surface area (Å²) in [6.07, 6.45) is 3.95. The maximum absolute atomic E-state index is 12.6. The van der Waals surface area contributed by atoms with Gasteiger partial charge in [-0.1, -0.05) is 13.3 Å². The van der Waals surface area contributed by atoms with Crippen molar-refractivity contribution < 1.29 is 4.79 Å². The highest BCUT2D eigenvalue weighted by Crippen LogP contribution is 2.25. The van der Waals surface area contributed by atoms with Gasteiger partial charge in [-0.15, -0.1) is 0 Å². The van der Waals surface area contributed by atoms with Crippen molar-refractivity contribution in [2.75, 3.05) is 6.54 Å². The molecule has 0 spiro atoms. The van der Waals surface area contributed by atoms with Crippen molar-refractivity contribution in [2.24, 2.45) is 7.05 Å². The SMILES string of the molecule is CCCC1(C(=O)NCc2c(C)nn(C)c2C)CCCN1. The maximum Gasteiger partial charge on any atom is 0.240 e. The molecule has 0 bridgehead atoms. The Morgan fingerprint density at radius 1 is 1.50 bits per heavy atom. The van der Waals surface area contributed by atoms with Crippen LogP contribution in [0.25, 0.3) is 0 Å². The van der Waals surface area contributed by atoms with Crippen LogP contribution in [0.3, 0.4) is 0 Å². The average molecular weight is 278 g/mol. The fraction of sp³-hybridized carbons (Fsp3) is 0.733. The van der Waals surface area contributed by atoms with Crippen LogP contribution >= 0.6 is 0 Å². The Morgan fingerprint density at radius 3 is 2.75 bits per heavy atom. The third-order valence-electron chi connectivity index (χ3n) is 4.44. The van der Waals surface area contributed by atoms with Gasteiger partial charge in [0.2, 0.25) is 5.91 Å². The van der Waals surface area contributed by atoms with E-state index < -0.39 is 0 Å². The number of rotatable bonds is 5. The predicted molar refractivity (Wildman–Crippen MR) is 79.4 cm³/mol. The summed E-state index contributed by atoms with van der Waals surface area (Å²) in [6, 6.07) is 0. The van der Waals surface area contributed by atoms with E-state index in [1.54, 1.807) is 0 Å². The minimum Gasteiger partial charge on any atom is -0.350 e. The molecule has 2 heterocycles. The third-order valence-corrected chi connectivity index (χ3v) is 4.44. The second-order valence-electron chi connectivity index (χ2n) is 5.82. The Kier molecular flexibility index (Phi) is 4.48. The fourth-order valence-electron chi connectivity index (χ4n) is 3.16. The summed E-state index contributed by atoms with van der Waals surface area (Å²) in [4.78, 5) is 12.6. The number of carbonyl (C=O) groups is 1. The molecule has 1 atom stereocenters. The summed E-state index contributed by atoms with van der Waals surface area (Å²) < 4.78 is 1.87. The number of nitrogens with zero attached hydrogens (tertiary/aromatic N) is 2. The lowest BCUT2D eigenvalue weighted by Gasteiger charge is -2.27. The van der Waals surface area contributed by atoms with Crippen LogP contribution in [0, 0.1) is 13.8 Å². The Bertz CT molecular complexity index is 486. The van der Waals surface area contributed by atoms with Crippen LogP contribution in [0.2, 0.25) is 0 Å². The highest BCUT2D eigenvalue weighted by molar-refractivity contribution is 5.86. The Balaban J connectivity index is 2.04. The summed E-state index contributed by atoms with van der Waals surface area (Å²) >= 11 is 0. The number of nitrogens with one attached hydrogen (secondary N) is 2. The Labute approximate surface area is 121 Å². The predicted octanol–water partition coefficient (Wildman–Crippen LogP) is 1.58. The highest BCUT2D eigenvalue weighted by atomic mass is 16.2. The van der Waals surface area contributed by atoms with E-state index in [2.05, 4.69) is 22.7 Å². The zero-order valence-electron chi connectivity index (χ0n) is 13.0. The summed E-state index contributed by atoms with van der Waals surface area (Å²) in [5.41, 5.74) is 2.89. The summed E-state index contributed by atoms with van der Waals surface area (Å²) in [7, 11) is 1.94. The number of amides is 1. The standard InChI is InChI=1S/C15H26N4O/c1-5-7-15(8-6-9-17-15)14(20)16-10-13-11(2)18-19(4)12(13)3/h17H,5-10H2,1-4H3,(H,16,20). The number of aryl methyl sites for hydroxylation is 2. The normalized spacial score (nSPS) is 22.2. The smallest absolute Gasteiger partial charge is 0.240 e. The zero-order chi connectivity index (χ0) is 14.8. The van der Waals surface area contributed by atoms with E-state index in [0.29, 0.717) is 6.54 Å². The third kappa shape index (κ3) is 2.73. The van der Waals surface area contributed by atoms with Crippen LogP contribution in [-0.4, -0.2) is 27.8 Å². The molecule has 1 fully saturated rings. The van der Waals surface area contributed by atoms with Crippen molar-refractivity contribution in [1.29, 1.82) is 0 Å². The lowest BCUT2D eigenvalue weighted by molar-refractivity contribution is -0.127. The van der Waals surface area contributed by atoms with Crippen LogP contribution in [0.15, 0.2) is 0 Å². The van der Waals surface area contributed by atoms with Gasteiger partial charge in [0.25, 0.3) is 0 Å². The molecule has 0 saturated carbocycles. The van der Waals surface area contributed by atoms with Crippen molar-refractivity contribution in [1.82, 2.24) is 20.4 Å². The molecule has 1 aliphatic heterocycles. The quantitative estimate of drug-likeness (QED) is 0.859. The van der Waals surface area contributed by atoms with Crippen LogP contribution in [0.1, 0.15) is 49.6 Å². The fourth-order valence-corrected chi connectivity index (χ4v) is 3.16. The molecule has 0 aliphatic carbocycles. The molecule has 2 N–H and O–H groups in total. The molecule has 1 aromatic heterocycles. The van der Waals surface area contributed by atoms with E-state index in [1.165, 1.54) is 0 Å². The van der Waals surface area contributed by atoms with E-state index in [9.17, 15) is 4.79 Å². The minimum atomic E-state index is -0.348. The second-order valence-corrected chi connectivity index (χ2v) is 5.82. The molecule has 5 nitrogen and oxygen atoms in total. The number of aromatic nitrogens is 2. The van der Waals surface area contributed by atoms with E-state index >= 15 is 0 Å². The largest absolute Gasteiger partial charge is 0.350 e. The molecule has 1 unspecified atom stereocenters. The topological polar surface area (TPSA) is 59.0 Å². The van der Waals surface area contributed by atoms with E-state index in [0.717, 1.165) is 49.2 Å². The number of hydrogen-bond donors (Lipinski definition) is 2. The van der Waals surface area contributed by atoms with Gasteiger partial charge in [-0.25, -0.2) is 0 Å². The molecule has 1 aromatic rings. The first-order valence-electron chi connectivity index (χ1n) is 7.52. The van der Waals surface area contributed by atoms with Gasteiger partial charge in [-0.3, -0.25) is 9.48 Å². The van der Waals surface area contributed by atoms with Gasteiger partial charge in [0.1, 0.15) is 0 Å². The Hall–Kier alpha value is -1.36.